The summed E-state index contributed by atoms with van der Waals surface area (Å²) in [4.78, 5) is 18.2. The predicted octanol–water partition coefficient (Wildman–Crippen LogP) is 4.03. The molecule has 0 saturated heterocycles. The first kappa shape index (κ1) is 34.7. The van der Waals surface area contributed by atoms with E-state index in [1.54, 1.807) is 13.3 Å². The van der Waals surface area contributed by atoms with Crippen molar-refractivity contribution in [2.45, 2.75) is 45.8 Å². The lowest BCUT2D eigenvalue weighted by molar-refractivity contribution is 0.208. The van der Waals surface area contributed by atoms with E-state index in [2.05, 4.69) is 56.3 Å². The molecule has 0 atom stereocenters. The minimum Gasteiger partial charge on any atom is -0.492 e. The van der Waals surface area contributed by atoms with Crippen molar-refractivity contribution in [3.63, 3.8) is 0 Å². The summed E-state index contributed by atoms with van der Waals surface area (Å²) >= 11 is 0. The Morgan fingerprint density at radius 2 is 1.81 bits per heavy atom. The highest BCUT2D eigenvalue weighted by atomic mass is 16.5. The highest BCUT2D eigenvalue weighted by Crippen LogP contribution is 2.39. The van der Waals surface area contributed by atoms with Gasteiger partial charge >= 0.3 is 0 Å². The minimum absolute atomic E-state index is 0.0485. The average Bonchev–Trinajstić information content (AvgIpc) is 3.55. The second-order valence-corrected chi connectivity index (χ2v) is 11.8. The van der Waals surface area contributed by atoms with Gasteiger partial charge in [0.1, 0.15) is 23.2 Å². The van der Waals surface area contributed by atoms with Crippen LogP contribution >= 0.6 is 0 Å². The van der Waals surface area contributed by atoms with E-state index in [-0.39, 0.29) is 13.2 Å². The van der Waals surface area contributed by atoms with Crippen LogP contribution in [0, 0.1) is 18.3 Å². The lowest BCUT2D eigenvalue weighted by atomic mass is 9.94. The third-order valence-electron chi connectivity index (χ3n) is 8.58. The molecule has 0 fully saturated rings. The number of aliphatic hydroxyl groups excluding tert-OH is 2. The van der Waals surface area contributed by atoms with Gasteiger partial charge in [-0.15, -0.1) is 0 Å². The van der Waals surface area contributed by atoms with Crippen LogP contribution in [0.3, 0.4) is 0 Å². The van der Waals surface area contributed by atoms with E-state index in [0.717, 1.165) is 72.5 Å². The van der Waals surface area contributed by atoms with Crippen molar-refractivity contribution in [1.82, 2.24) is 25.2 Å². The largest absolute Gasteiger partial charge is 0.492 e. The summed E-state index contributed by atoms with van der Waals surface area (Å²) in [6.07, 6.45) is 6.09. The summed E-state index contributed by atoms with van der Waals surface area (Å²) in [5.74, 6) is 1.77. The van der Waals surface area contributed by atoms with Crippen molar-refractivity contribution in [2.75, 3.05) is 58.0 Å². The lowest BCUT2D eigenvalue weighted by Gasteiger charge is -2.23. The maximum atomic E-state index is 10.3. The molecule has 5 rings (SSSR count). The normalized spacial score (nSPS) is 12.3. The summed E-state index contributed by atoms with van der Waals surface area (Å²) in [7, 11) is 1.62. The van der Waals surface area contributed by atoms with E-state index in [1.807, 2.05) is 36.5 Å². The summed E-state index contributed by atoms with van der Waals surface area (Å²) < 4.78 is 11.9. The maximum Gasteiger partial charge on any atom is 0.221 e. The van der Waals surface area contributed by atoms with Crippen LogP contribution in [-0.4, -0.2) is 83.2 Å². The van der Waals surface area contributed by atoms with Gasteiger partial charge in [0, 0.05) is 56.4 Å². The molecule has 2 aromatic carbocycles. The predicted molar refractivity (Wildman–Crippen MR) is 185 cm³/mol. The Hall–Kier alpha value is -4.60. The average molecular weight is 652 g/mol. The summed E-state index contributed by atoms with van der Waals surface area (Å²) in [5, 5.41) is 31.9. The molecule has 0 amide bonds. The van der Waals surface area contributed by atoms with Gasteiger partial charge in [0.2, 0.25) is 5.88 Å². The topological polar surface area (TPSA) is 140 Å². The number of ether oxygens (including phenoxy) is 2. The van der Waals surface area contributed by atoms with Crippen molar-refractivity contribution in [3.05, 3.63) is 94.7 Å². The van der Waals surface area contributed by atoms with Gasteiger partial charge in [-0.1, -0.05) is 30.3 Å². The van der Waals surface area contributed by atoms with Crippen LogP contribution in [0.25, 0.3) is 11.1 Å². The second-order valence-electron chi connectivity index (χ2n) is 11.8. The number of hydrogen-bond acceptors (Lipinski definition) is 11. The lowest BCUT2D eigenvalue weighted by Crippen LogP contribution is -2.30. The molecule has 3 N–H and O–H groups in total. The number of methoxy groups -OCH3 is 1. The zero-order valence-electron chi connectivity index (χ0n) is 27.9. The number of hydrogen-bond donors (Lipinski definition) is 3. The number of pyridine rings is 1. The first-order valence-electron chi connectivity index (χ1n) is 16.5. The molecule has 252 valence electrons. The highest BCUT2D eigenvalue weighted by molar-refractivity contribution is 5.80. The molecule has 2 aromatic heterocycles. The molecule has 0 radical (unpaired) electrons. The van der Waals surface area contributed by atoms with E-state index >= 15 is 0 Å². The SMILES string of the molecule is COc1nc(CNCCO)nc2c1CN(c1cccc(-c3cccc(OCCCN(CCCO)CCc4cccnc4)c3C#N)c1C)C2. The van der Waals surface area contributed by atoms with Crippen LogP contribution < -0.4 is 19.7 Å². The summed E-state index contributed by atoms with van der Waals surface area (Å²) in [5.41, 5.74) is 7.52. The molecule has 11 nitrogen and oxygen atoms in total. The fraction of sp³-hybridized carbons (Fsp3) is 0.405. The van der Waals surface area contributed by atoms with Gasteiger partial charge in [-0.05, 0) is 61.1 Å². The van der Waals surface area contributed by atoms with Crippen LogP contribution in [0.5, 0.6) is 11.6 Å². The van der Waals surface area contributed by atoms with Gasteiger partial charge in [-0.2, -0.15) is 10.2 Å². The van der Waals surface area contributed by atoms with E-state index in [1.165, 1.54) is 5.56 Å². The molecule has 3 heterocycles. The number of fused-ring (bicyclic) bond motifs is 1. The Morgan fingerprint density at radius 1 is 0.979 bits per heavy atom. The second kappa shape index (κ2) is 17.5. The quantitative estimate of drug-likeness (QED) is 0.134. The van der Waals surface area contributed by atoms with Crippen LogP contribution in [-0.2, 0) is 26.1 Å². The zero-order chi connectivity index (χ0) is 33.7. The number of rotatable bonds is 18. The number of nitrogens with one attached hydrogen (secondary N) is 1. The molecule has 1 aliphatic rings. The Bertz CT molecular complexity index is 1680. The van der Waals surface area contributed by atoms with Crippen molar-refractivity contribution < 1.29 is 19.7 Å². The van der Waals surface area contributed by atoms with Gasteiger partial charge in [0.25, 0.3) is 0 Å². The van der Waals surface area contributed by atoms with E-state index < -0.39 is 0 Å². The molecule has 0 unspecified atom stereocenters. The zero-order valence-corrected chi connectivity index (χ0v) is 27.9. The van der Waals surface area contributed by atoms with Crippen LogP contribution in [0.15, 0.2) is 60.9 Å². The van der Waals surface area contributed by atoms with Gasteiger partial charge in [0.15, 0.2) is 0 Å². The molecule has 48 heavy (non-hydrogen) atoms. The number of anilines is 1. The number of aromatic nitrogens is 3. The fourth-order valence-electron chi connectivity index (χ4n) is 6.15. The number of benzene rings is 2. The monoisotopic (exact) mass is 651 g/mol. The molecule has 1 aliphatic heterocycles. The molecular formula is C37H45N7O4. The third kappa shape index (κ3) is 8.65. The molecule has 0 aliphatic carbocycles. The van der Waals surface area contributed by atoms with E-state index in [0.29, 0.717) is 55.8 Å². The molecule has 4 aromatic rings. The molecule has 0 bridgehead atoms. The number of nitriles is 1. The molecular weight excluding hydrogens is 606 g/mol. The van der Waals surface area contributed by atoms with Crippen LogP contribution in [0.1, 0.15) is 46.6 Å². The van der Waals surface area contributed by atoms with E-state index in [4.69, 9.17) is 19.6 Å². The number of nitrogens with zero attached hydrogens (tertiary/aromatic N) is 6. The Kier molecular flexibility index (Phi) is 12.7. The van der Waals surface area contributed by atoms with Gasteiger partial charge in [-0.25, -0.2) is 4.98 Å². The highest BCUT2D eigenvalue weighted by Gasteiger charge is 2.28. The van der Waals surface area contributed by atoms with Crippen LogP contribution in [0.4, 0.5) is 5.69 Å². The molecule has 0 spiro atoms. The van der Waals surface area contributed by atoms with Crippen molar-refractivity contribution >= 4 is 5.69 Å². The smallest absolute Gasteiger partial charge is 0.221 e. The van der Waals surface area contributed by atoms with Crippen molar-refractivity contribution in [1.29, 1.82) is 5.26 Å². The number of aliphatic hydroxyl groups is 2. The maximum absolute atomic E-state index is 10.3. The molecule has 0 saturated carbocycles. The summed E-state index contributed by atoms with van der Waals surface area (Å²) in [6.45, 7) is 7.43. The minimum atomic E-state index is 0.0485. The first-order valence-corrected chi connectivity index (χ1v) is 16.5. The molecule has 11 heteroatoms. The third-order valence-corrected chi connectivity index (χ3v) is 8.58. The van der Waals surface area contributed by atoms with Gasteiger partial charge < -0.3 is 34.8 Å². The summed E-state index contributed by atoms with van der Waals surface area (Å²) in [6, 6.07) is 18.4. The Labute approximate surface area is 282 Å². The Balaban J connectivity index is 1.27. The standard InChI is InChI=1S/C37H45N7O4/c1-27-29(9-3-11-34(27)44-25-32-33(26-44)41-36(24-40-15-20-46)42-37(32)47-2)30-10-4-12-35(31(30)22-38)48-21-7-17-43(16-6-19-45)18-13-28-8-5-14-39-23-28/h3-5,8-12,14,23,40,45-46H,6-7,13,15-21,24-26H2,1-2H3. The van der Waals surface area contributed by atoms with Gasteiger partial charge in [-0.3, -0.25) is 4.98 Å². The van der Waals surface area contributed by atoms with Crippen LogP contribution in [0.2, 0.25) is 0 Å². The Morgan fingerprint density at radius 3 is 2.58 bits per heavy atom. The van der Waals surface area contributed by atoms with Crippen molar-refractivity contribution in [2.24, 2.45) is 0 Å². The fourth-order valence-corrected chi connectivity index (χ4v) is 6.15. The van der Waals surface area contributed by atoms with E-state index in [9.17, 15) is 10.4 Å². The van der Waals surface area contributed by atoms with Crippen molar-refractivity contribution in [3.8, 4) is 28.8 Å². The van der Waals surface area contributed by atoms with Gasteiger partial charge in [0.05, 0.1) is 51.2 Å². The first-order chi connectivity index (χ1) is 23.6.